The lowest BCUT2D eigenvalue weighted by molar-refractivity contribution is 0.255. The van der Waals surface area contributed by atoms with Gasteiger partial charge in [0.2, 0.25) is 11.8 Å². The molecular weight excluding hydrogens is 213 g/mol. The molecule has 1 fully saturated rings. The zero-order valence-electron chi connectivity index (χ0n) is 9.01. The Morgan fingerprint density at radius 2 is 2.50 bits per heavy atom. The fraction of sp³-hybridized carbons (Fsp3) is 0.600. The average Bonchev–Trinajstić information content (AvgIpc) is 2.70. The largest absolute Gasteiger partial charge is 0.481 e. The van der Waals surface area contributed by atoms with Crippen molar-refractivity contribution in [3.05, 3.63) is 12.3 Å². The number of hydrogen-bond acceptors (Lipinski definition) is 5. The Morgan fingerprint density at radius 1 is 1.69 bits per heavy atom. The fourth-order valence-electron chi connectivity index (χ4n) is 1.86. The summed E-state index contributed by atoms with van der Waals surface area (Å²) < 4.78 is 18.2. The van der Waals surface area contributed by atoms with Gasteiger partial charge >= 0.3 is 0 Å². The van der Waals surface area contributed by atoms with Crippen LogP contribution in [0, 0.1) is 0 Å². The maximum Gasteiger partial charge on any atom is 0.229 e. The van der Waals surface area contributed by atoms with Crippen LogP contribution in [-0.4, -0.2) is 47.5 Å². The molecule has 0 aromatic carbocycles. The molecule has 1 aliphatic heterocycles. The van der Waals surface area contributed by atoms with Crippen LogP contribution in [0.15, 0.2) is 12.3 Å². The van der Waals surface area contributed by atoms with Crippen molar-refractivity contribution < 1.29 is 14.2 Å². The van der Waals surface area contributed by atoms with E-state index in [1.807, 2.05) is 0 Å². The summed E-state index contributed by atoms with van der Waals surface area (Å²) in [7, 11) is 1.51. The van der Waals surface area contributed by atoms with Crippen molar-refractivity contribution in [1.29, 1.82) is 0 Å². The van der Waals surface area contributed by atoms with Crippen LogP contribution in [0.3, 0.4) is 0 Å². The molecule has 0 bridgehead atoms. The van der Waals surface area contributed by atoms with Crippen molar-refractivity contribution in [3.8, 4) is 5.88 Å². The molecule has 5 nitrogen and oxygen atoms in total. The highest BCUT2D eigenvalue weighted by molar-refractivity contribution is 5.36. The van der Waals surface area contributed by atoms with Gasteiger partial charge in [0.1, 0.15) is 6.17 Å². The highest BCUT2D eigenvalue weighted by Gasteiger charge is 2.33. The maximum atomic E-state index is 13.2. The number of nitrogens with zero attached hydrogens (tertiary/aromatic N) is 3. The van der Waals surface area contributed by atoms with E-state index >= 15 is 0 Å². The molecule has 2 rings (SSSR count). The normalized spacial score (nSPS) is 24.8. The van der Waals surface area contributed by atoms with Gasteiger partial charge in [-0.15, -0.1) is 0 Å². The molecule has 1 aromatic heterocycles. The first-order valence-electron chi connectivity index (χ1n) is 5.13. The Morgan fingerprint density at radius 3 is 3.19 bits per heavy atom. The van der Waals surface area contributed by atoms with E-state index in [0.29, 0.717) is 18.2 Å². The summed E-state index contributed by atoms with van der Waals surface area (Å²) in [4.78, 5) is 9.85. The topological polar surface area (TPSA) is 58.5 Å². The van der Waals surface area contributed by atoms with Gasteiger partial charge in [-0.2, -0.15) is 4.98 Å². The Balaban J connectivity index is 2.22. The van der Waals surface area contributed by atoms with E-state index in [1.165, 1.54) is 7.11 Å². The van der Waals surface area contributed by atoms with Crippen molar-refractivity contribution >= 4 is 5.95 Å². The molecule has 6 heteroatoms. The van der Waals surface area contributed by atoms with Gasteiger partial charge in [0.15, 0.2) is 0 Å². The number of aromatic nitrogens is 2. The van der Waals surface area contributed by atoms with Crippen LogP contribution in [0.5, 0.6) is 5.88 Å². The predicted molar refractivity (Wildman–Crippen MR) is 56.3 cm³/mol. The van der Waals surface area contributed by atoms with Crippen molar-refractivity contribution in [1.82, 2.24) is 9.97 Å². The Hall–Kier alpha value is -1.43. The van der Waals surface area contributed by atoms with Crippen LogP contribution in [0.1, 0.15) is 6.42 Å². The van der Waals surface area contributed by atoms with Crippen LogP contribution < -0.4 is 9.64 Å². The molecule has 2 heterocycles. The number of anilines is 1. The Kier molecular flexibility index (Phi) is 3.19. The quantitative estimate of drug-likeness (QED) is 0.809. The van der Waals surface area contributed by atoms with Gasteiger partial charge in [-0.3, -0.25) is 0 Å². The molecule has 0 saturated carbocycles. The minimum Gasteiger partial charge on any atom is -0.481 e. The standard InChI is InChI=1S/C10H14FN3O2/c1-16-9-2-3-12-10(13-9)14-5-7(11)4-8(14)6-15/h2-3,7-8,15H,4-6H2,1H3/t7-,8-/m0/s1. The third kappa shape index (κ3) is 2.06. The monoisotopic (exact) mass is 227 g/mol. The van der Waals surface area contributed by atoms with Crippen LogP contribution in [0.4, 0.5) is 10.3 Å². The fourth-order valence-corrected chi connectivity index (χ4v) is 1.86. The molecule has 1 N–H and O–H groups in total. The number of methoxy groups -OCH3 is 1. The van der Waals surface area contributed by atoms with Crippen molar-refractivity contribution in [2.24, 2.45) is 0 Å². The zero-order valence-corrected chi connectivity index (χ0v) is 9.01. The summed E-state index contributed by atoms with van der Waals surface area (Å²) in [5.74, 6) is 0.836. The van der Waals surface area contributed by atoms with Gasteiger partial charge in [-0.25, -0.2) is 9.37 Å². The lowest BCUT2D eigenvalue weighted by Gasteiger charge is -2.22. The van der Waals surface area contributed by atoms with E-state index in [1.54, 1.807) is 17.2 Å². The van der Waals surface area contributed by atoms with Crippen LogP contribution in [0.2, 0.25) is 0 Å². The van der Waals surface area contributed by atoms with Gasteiger partial charge < -0.3 is 14.7 Å². The molecule has 2 atom stereocenters. The molecule has 16 heavy (non-hydrogen) atoms. The first-order valence-corrected chi connectivity index (χ1v) is 5.13. The molecule has 1 aromatic rings. The third-order valence-electron chi connectivity index (χ3n) is 2.66. The summed E-state index contributed by atoms with van der Waals surface area (Å²) in [5, 5.41) is 9.15. The third-order valence-corrected chi connectivity index (χ3v) is 2.66. The predicted octanol–water partition coefficient (Wildman–Crippen LogP) is 0.394. The first kappa shape index (κ1) is 11.1. The van der Waals surface area contributed by atoms with Crippen LogP contribution in [0.25, 0.3) is 0 Å². The number of hydrogen-bond donors (Lipinski definition) is 1. The van der Waals surface area contributed by atoms with Crippen molar-refractivity contribution in [2.75, 3.05) is 25.2 Å². The van der Waals surface area contributed by atoms with E-state index in [2.05, 4.69) is 9.97 Å². The number of ether oxygens (including phenoxy) is 1. The molecule has 0 aliphatic carbocycles. The van der Waals surface area contributed by atoms with Crippen LogP contribution in [-0.2, 0) is 0 Å². The second-order valence-corrected chi connectivity index (χ2v) is 3.72. The minimum atomic E-state index is -0.938. The summed E-state index contributed by atoms with van der Waals surface area (Å²) in [5.41, 5.74) is 0. The summed E-state index contributed by atoms with van der Waals surface area (Å²) >= 11 is 0. The number of aliphatic hydroxyl groups excluding tert-OH is 1. The Bertz CT molecular complexity index is 364. The van der Waals surface area contributed by atoms with Gasteiger partial charge in [0, 0.05) is 18.7 Å². The number of aliphatic hydroxyl groups is 1. The van der Waals surface area contributed by atoms with Crippen LogP contribution >= 0.6 is 0 Å². The molecule has 0 amide bonds. The summed E-state index contributed by atoms with van der Waals surface area (Å²) in [6.45, 7) is 0.124. The summed E-state index contributed by atoms with van der Waals surface area (Å²) in [6, 6.07) is 1.38. The molecule has 1 aliphatic rings. The van der Waals surface area contributed by atoms with Crippen molar-refractivity contribution in [2.45, 2.75) is 18.6 Å². The molecule has 0 radical (unpaired) electrons. The average molecular weight is 227 g/mol. The highest BCUT2D eigenvalue weighted by Crippen LogP contribution is 2.25. The SMILES string of the molecule is COc1ccnc(N2C[C@@H](F)C[C@H]2CO)n1. The second-order valence-electron chi connectivity index (χ2n) is 3.72. The van der Waals surface area contributed by atoms with Gasteiger partial charge in [-0.1, -0.05) is 0 Å². The number of halogens is 1. The van der Waals surface area contributed by atoms with E-state index in [0.717, 1.165) is 0 Å². The van der Waals surface area contributed by atoms with Gasteiger partial charge in [0.05, 0.1) is 26.3 Å². The minimum absolute atomic E-state index is 0.0962. The number of alkyl halides is 1. The highest BCUT2D eigenvalue weighted by atomic mass is 19.1. The first-order chi connectivity index (χ1) is 7.74. The molecule has 0 unspecified atom stereocenters. The molecular formula is C10H14FN3O2. The molecule has 1 saturated heterocycles. The molecule has 0 spiro atoms. The smallest absolute Gasteiger partial charge is 0.229 e. The van der Waals surface area contributed by atoms with E-state index in [4.69, 9.17) is 9.84 Å². The van der Waals surface area contributed by atoms with Crippen molar-refractivity contribution in [3.63, 3.8) is 0 Å². The maximum absolute atomic E-state index is 13.2. The molecule has 88 valence electrons. The zero-order chi connectivity index (χ0) is 11.5. The summed E-state index contributed by atoms with van der Waals surface area (Å²) in [6.07, 6.45) is 0.935. The van der Waals surface area contributed by atoms with Gasteiger partial charge in [-0.05, 0) is 0 Å². The van der Waals surface area contributed by atoms with E-state index in [9.17, 15) is 4.39 Å². The number of rotatable bonds is 3. The van der Waals surface area contributed by atoms with Gasteiger partial charge in [0.25, 0.3) is 0 Å². The lowest BCUT2D eigenvalue weighted by Crippen LogP contribution is -2.33. The lowest BCUT2D eigenvalue weighted by atomic mass is 10.2. The second kappa shape index (κ2) is 4.61. The van der Waals surface area contributed by atoms with E-state index in [-0.39, 0.29) is 19.2 Å². The Labute approximate surface area is 92.9 Å². The van der Waals surface area contributed by atoms with E-state index < -0.39 is 6.17 Å².